The fourth-order valence-corrected chi connectivity index (χ4v) is 1.96. The number of urea groups is 1. The molecule has 23 heavy (non-hydrogen) atoms. The van der Waals surface area contributed by atoms with E-state index in [1.54, 1.807) is 36.4 Å². The van der Waals surface area contributed by atoms with Crippen molar-refractivity contribution in [2.45, 2.75) is 26.3 Å². The van der Waals surface area contributed by atoms with Crippen LogP contribution in [0.5, 0.6) is 0 Å². The first kappa shape index (κ1) is 16.5. The van der Waals surface area contributed by atoms with Gasteiger partial charge in [0.05, 0.1) is 0 Å². The van der Waals surface area contributed by atoms with Gasteiger partial charge in [0.25, 0.3) is 5.91 Å². The van der Waals surface area contributed by atoms with Gasteiger partial charge in [0, 0.05) is 23.0 Å². The number of amides is 3. The van der Waals surface area contributed by atoms with Gasteiger partial charge in [-0.3, -0.25) is 4.79 Å². The maximum atomic E-state index is 12.1. The highest BCUT2D eigenvalue weighted by Gasteiger charge is 2.08. The molecule has 1 atom stereocenters. The number of carbonyl (C=O) groups excluding carboxylic acids is 2. The van der Waals surface area contributed by atoms with Crippen LogP contribution in [0.4, 0.5) is 16.2 Å². The summed E-state index contributed by atoms with van der Waals surface area (Å²) in [6, 6.07) is 15.9. The molecule has 0 saturated heterocycles. The van der Waals surface area contributed by atoms with E-state index in [1.165, 1.54) is 0 Å². The monoisotopic (exact) mass is 311 g/mol. The Morgan fingerprint density at radius 2 is 1.61 bits per heavy atom. The molecule has 0 saturated carbocycles. The third-order valence-electron chi connectivity index (χ3n) is 3.40. The average Bonchev–Trinajstić information content (AvgIpc) is 2.55. The van der Waals surface area contributed by atoms with Gasteiger partial charge < -0.3 is 16.0 Å². The van der Waals surface area contributed by atoms with E-state index in [2.05, 4.69) is 16.0 Å². The van der Waals surface area contributed by atoms with Crippen molar-refractivity contribution in [1.29, 1.82) is 0 Å². The summed E-state index contributed by atoms with van der Waals surface area (Å²) in [5.74, 6) is -0.188. The zero-order chi connectivity index (χ0) is 16.7. The number of nitrogens with one attached hydrogen (secondary N) is 3. The van der Waals surface area contributed by atoms with E-state index in [4.69, 9.17) is 0 Å². The number of hydrogen-bond acceptors (Lipinski definition) is 2. The molecular weight excluding hydrogens is 290 g/mol. The van der Waals surface area contributed by atoms with Gasteiger partial charge in [0.1, 0.15) is 0 Å². The highest BCUT2D eigenvalue weighted by molar-refractivity contribution is 6.04. The number of hydrogen-bond donors (Lipinski definition) is 3. The molecule has 0 aliphatic heterocycles. The molecule has 0 fully saturated rings. The molecule has 5 nitrogen and oxygen atoms in total. The van der Waals surface area contributed by atoms with Gasteiger partial charge in [-0.1, -0.05) is 31.2 Å². The zero-order valence-corrected chi connectivity index (χ0v) is 13.3. The Morgan fingerprint density at radius 1 is 0.957 bits per heavy atom. The van der Waals surface area contributed by atoms with Crippen LogP contribution in [-0.4, -0.2) is 18.0 Å². The summed E-state index contributed by atoms with van der Waals surface area (Å²) in [5, 5.41) is 8.40. The topological polar surface area (TPSA) is 70.2 Å². The molecule has 0 heterocycles. The van der Waals surface area contributed by atoms with Crippen LogP contribution in [0.1, 0.15) is 30.6 Å². The molecule has 1 unspecified atom stereocenters. The molecule has 5 heteroatoms. The minimum absolute atomic E-state index is 0.107. The summed E-state index contributed by atoms with van der Waals surface area (Å²) < 4.78 is 0. The Balaban J connectivity index is 2.00. The Hall–Kier alpha value is -2.82. The lowest BCUT2D eigenvalue weighted by atomic mass is 10.2. The highest BCUT2D eigenvalue weighted by Crippen LogP contribution is 2.16. The molecule has 0 aromatic heterocycles. The van der Waals surface area contributed by atoms with Crippen LogP contribution in [0.15, 0.2) is 54.6 Å². The van der Waals surface area contributed by atoms with E-state index in [-0.39, 0.29) is 18.0 Å². The standard InChI is InChI=1S/C18H21N3O2/c1-3-13(2)19-18(23)21-16-11-7-10-15(12-16)20-17(22)14-8-5-4-6-9-14/h4-13H,3H2,1-2H3,(H,20,22)(H2,19,21,23). The van der Waals surface area contributed by atoms with Gasteiger partial charge in [-0.25, -0.2) is 4.79 Å². The van der Waals surface area contributed by atoms with Crippen molar-refractivity contribution in [1.82, 2.24) is 5.32 Å². The van der Waals surface area contributed by atoms with Crippen LogP contribution in [0.3, 0.4) is 0 Å². The van der Waals surface area contributed by atoms with E-state index in [0.29, 0.717) is 16.9 Å². The van der Waals surface area contributed by atoms with Gasteiger partial charge in [-0.2, -0.15) is 0 Å². The predicted molar refractivity (Wildman–Crippen MR) is 92.7 cm³/mol. The largest absolute Gasteiger partial charge is 0.335 e. The Kier molecular flexibility index (Phi) is 5.74. The fraction of sp³-hybridized carbons (Fsp3) is 0.222. The number of anilines is 2. The molecular formula is C18H21N3O2. The van der Waals surface area contributed by atoms with Crippen LogP contribution in [0.2, 0.25) is 0 Å². The summed E-state index contributed by atoms with van der Waals surface area (Å²) in [4.78, 5) is 23.9. The maximum absolute atomic E-state index is 12.1. The van der Waals surface area contributed by atoms with E-state index < -0.39 is 0 Å². The van der Waals surface area contributed by atoms with Crippen molar-refractivity contribution in [2.75, 3.05) is 10.6 Å². The minimum atomic E-state index is -0.258. The molecule has 2 rings (SSSR count). The molecule has 3 N–H and O–H groups in total. The first-order valence-electron chi connectivity index (χ1n) is 7.62. The molecule has 0 bridgehead atoms. The summed E-state index contributed by atoms with van der Waals surface area (Å²) in [7, 11) is 0. The number of carbonyl (C=O) groups is 2. The quantitative estimate of drug-likeness (QED) is 0.784. The zero-order valence-electron chi connectivity index (χ0n) is 13.3. The molecule has 0 aliphatic carbocycles. The number of benzene rings is 2. The molecule has 0 spiro atoms. The van der Waals surface area contributed by atoms with Crippen molar-refractivity contribution >= 4 is 23.3 Å². The van der Waals surface area contributed by atoms with Crippen LogP contribution >= 0.6 is 0 Å². The van der Waals surface area contributed by atoms with E-state index >= 15 is 0 Å². The Bertz CT molecular complexity index is 671. The Labute approximate surface area is 136 Å². The molecule has 120 valence electrons. The van der Waals surface area contributed by atoms with Crippen LogP contribution < -0.4 is 16.0 Å². The van der Waals surface area contributed by atoms with Crippen LogP contribution in [0.25, 0.3) is 0 Å². The molecule has 2 aromatic carbocycles. The molecule has 0 aliphatic rings. The lowest BCUT2D eigenvalue weighted by Gasteiger charge is -2.13. The van der Waals surface area contributed by atoms with Crippen molar-refractivity contribution in [3.63, 3.8) is 0 Å². The summed E-state index contributed by atoms with van der Waals surface area (Å²) in [5.41, 5.74) is 1.83. The highest BCUT2D eigenvalue weighted by atomic mass is 16.2. The Morgan fingerprint density at radius 3 is 2.26 bits per heavy atom. The third-order valence-corrected chi connectivity index (χ3v) is 3.40. The maximum Gasteiger partial charge on any atom is 0.319 e. The van der Waals surface area contributed by atoms with Crippen LogP contribution in [0, 0.1) is 0 Å². The molecule has 0 radical (unpaired) electrons. The normalized spacial score (nSPS) is 11.4. The molecule has 3 amide bonds. The lowest BCUT2D eigenvalue weighted by molar-refractivity contribution is 0.102. The smallest absolute Gasteiger partial charge is 0.319 e. The first-order chi connectivity index (χ1) is 11.1. The van der Waals surface area contributed by atoms with Crippen molar-refractivity contribution < 1.29 is 9.59 Å². The SMILES string of the molecule is CCC(C)NC(=O)Nc1cccc(NC(=O)c2ccccc2)c1. The summed E-state index contributed by atoms with van der Waals surface area (Å²) in [6.45, 7) is 3.95. The van der Waals surface area contributed by atoms with E-state index in [9.17, 15) is 9.59 Å². The summed E-state index contributed by atoms with van der Waals surface area (Å²) in [6.07, 6.45) is 0.862. The second-order valence-corrected chi connectivity index (χ2v) is 5.31. The van der Waals surface area contributed by atoms with Gasteiger partial charge in [-0.05, 0) is 43.7 Å². The lowest BCUT2D eigenvalue weighted by Crippen LogP contribution is -2.35. The molecule has 2 aromatic rings. The third kappa shape index (κ3) is 5.14. The second kappa shape index (κ2) is 7.98. The predicted octanol–water partition coefficient (Wildman–Crippen LogP) is 3.86. The van der Waals surface area contributed by atoms with Crippen molar-refractivity contribution in [3.8, 4) is 0 Å². The van der Waals surface area contributed by atoms with Crippen molar-refractivity contribution in [3.05, 3.63) is 60.2 Å². The minimum Gasteiger partial charge on any atom is -0.335 e. The van der Waals surface area contributed by atoms with Crippen LogP contribution in [-0.2, 0) is 0 Å². The number of rotatable bonds is 5. The van der Waals surface area contributed by atoms with E-state index in [0.717, 1.165) is 6.42 Å². The average molecular weight is 311 g/mol. The second-order valence-electron chi connectivity index (χ2n) is 5.31. The van der Waals surface area contributed by atoms with Gasteiger partial charge in [0.15, 0.2) is 0 Å². The summed E-state index contributed by atoms with van der Waals surface area (Å²) >= 11 is 0. The van der Waals surface area contributed by atoms with Gasteiger partial charge >= 0.3 is 6.03 Å². The fourth-order valence-electron chi connectivity index (χ4n) is 1.96. The van der Waals surface area contributed by atoms with Gasteiger partial charge in [0.2, 0.25) is 0 Å². The van der Waals surface area contributed by atoms with E-state index in [1.807, 2.05) is 32.0 Å². The van der Waals surface area contributed by atoms with Crippen molar-refractivity contribution in [2.24, 2.45) is 0 Å². The van der Waals surface area contributed by atoms with Gasteiger partial charge in [-0.15, -0.1) is 0 Å². The first-order valence-corrected chi connectivity index (χ1v) is 7.62.